The third kappa shape index (κ3) is 3.66. The summed E-state index contributed by atoms with van der Waals surface area (Å²) in [5.41, 5.74) is 2.45. The number of halogens is 3. The van der Waals surface area contributed by atoms with E-state index in [0.717, 1.165) is 28.8 Å². The van der Waals surface area contributed by atoms with Crippen molar-refractivity contribution < 1.29 is 18.0 Å². The van der Waals surface area contributed by atoms with Crippen LogP contribution >= 0.6 is 0 Å². The van der Waals surface area contributed by atoms with Gasteiger partial charge in [0, 0.05) is 17.5 Å². The van der Waals surface area contributed by atoms with Crippen molar-refractivity contribution in [2.75, 3.05) is 0 Å². The number of fused-ring (bicyclic) bond motifs is 1. The highest BCUT2D eigenvalue weighted by molar-refractivity contribution is 5.98. The van der Waals surface area contributed by atoms with Crippen molar-refractivity contribution in [2.24, 2.45) is 0 Å². The standard InChI is InChI=1S/C19H16F3N3O/c1-11-12(2)24-25-17-7-6-14(9-16(11)17)18(26)23-10-13-4-3-5-15(8-13)19(20,21)22/h3-9H,10H2,1-2H3,(H,23,26). The summed E-state index contributed by atoms with van der Waals surface area (Å²) in [6.07, 6.45) is -4.41. The summed E-state index contributed by atoms with van der Waals surface area (Å²) < 4.78 is 38.3. The van der Waals surface area contributed by atoms with E-state index in [1.165, 1.54) is 6.07 Å². The van der Waals surface area contributed by atoms with Crippen molar-refractivity contribution in [3.05, 3.63) is 70.4 Å². The van der Waals surface area contributed by atoms with E-state index in [1.54, 1.807) is 24.3 Å². The number of rotatable bonds is 3. The van der Waals surface area contributed by atoms with Gasteiger partial charge < -0.3 is 5.32 Å². The largest absolute Gasteiger partial charge is 0.416 e. The molecule has 0 aliphatic rings. The molecule has 4 nitrogen and oxygen atoms in total. The fourth-order valence-corrected chi connectivity index (χ4v) is 2.61. The number of hydrogen-bond donors (Lipinski definition) is 1. The monoisotopic (exact) mass is 359 g/mol. The molecule has 1 heterocycles. The van der Waals surface area contributed by atoms with Crippen molar-refractivity contribution in [3.63, 3.8) is 0 Å². The van der Waals surface area contributed by atoms with E-state index in [2.05, 4.69) is 15.5 Å². The van der Waals surface area contributed by atoms with Gasteiger partial charge in [-0.25, -0.2) is 0 Å². The van der Waals surface area contributed by atoms with E-state index in [0.29, 0.717) is 16.6 Å². The molecule has 3 aromatic rings. The van der Waals surface area contributed by atoms with Crippen molar-refractivity contribution in [2.45, 2.75) is 26.6 Å². The van der Waals surface area contributed by atoms with E-state index in [-0.39, 0.29) is 12.5 Å². The Morgan fingerprint density at radius 2 is 1.85 bits per heavy atom. The van der Waals surface area contributed by atoms with Gasteiger partial charge in [0.1, 0.15) is 0 Å². The summed E-state index contributed by atoms with van der Waals surface area (Å²) in [5.74, 6) is -0.363. The molecule has 0 aliphatic heterocycles. The molecule has 0 saturated heterocycles. The third-order valence-electron chi connectivity index (χ3n) is 4.22. The normalized spacial score (nSPS) is 11.6. The molecule has 2 aromatic carbocycles. The lowest BCUT2D eigenvalue weighted by molar-refractivity contribution is -0.137. The van der Waals surface area contributed by atoms with Crippen molar-refractivity contribution in [1.29, 1.82) is 0 Å². The van der Waals surface area contributed by atoms with E-state index in [1.807, 2.05) is 13.8 Å². The lowest BCUT2D eigenvalue weighted by Gasteiger charge is -2.10. The lowest BCUT2D eigenvalue weighted by atomic mass is 10.1. The molecule has 1 amide bonds. The Labute approximate surface area is 148 Å². The number of aromatic nitrogens is 2. The van der Waals surface area contributed by atoms with E-state index in [9.17, 15) is 18.0 Å². The van der Waals surface area contributed by atoms with Crippen LogP contribution in [0.2, 0.25) is 0 Å². The number of carbonyl (C=O) groups excluding carboxylic acids is 1. The Balaban J connectivity index is 1.79. The highest BCUT2D eigenvalue weighted by Gasteiger charge is 2.30. The maximum absolute atomic E-state index is 12.8. The van der Waals surface area contributed by atoms with Crippen LogP contribution in [0, 0.1) is 13.8 Å². The Kier molecular flexibility index (Phi) is 4.63. The SMILES string of the molecule is Cc1nnc2ccc(C(=O)NCc3cccc(C(F)(F)F)c3)cc2c1C. The first kappa shape index (κ1) is 17.8. The Hall–Kier alpha value is -2.96. The number of nitrogens with zero attached hydrogens (tertiary/aromatic N) is 2. The first-order chi connectivity index (χ1) is 12.3. The molecule has 7 heteroatoms. The van der Waals surface area contributed by atoms with Crippen molar-refractivity contribution >= 4 is 16.8 Å². The molecule has 0 bridgehead atoms. The van der Waals surface area contributed by atoms with Gasteiger partial charge in [-0.05, 0) is 55.3 Å². The molecule has 1 N–H and O–H groups in total. The maximum Gasteiger partial charge on any atom is 0.416 e. The van der Waals surface area contributed by atoms with Gasteiger partial charge in [-0.15, -0.1) is 0 Å². The average Bonchev–Trinajstić information content (AvgIpc) is 2.62. The zero-order valence-electron chi connectivity index (χ0n) is 14.2. The number of alkyl halides is 3. The maximum atomic E-state index is 12.8. The van der Waals surface area contributed by atoms with Crippen LogP contribution in [0.5, 0.6) is 0 Å². The van der Waals surface area contributed by atoms with Crippen LogP contribution in [0.25, 0.3) is 10.9 Å². The molecule has 1 aromatic heterocycles. The fourth-order valence-electron chi connectivity index (χ4n) is 2.61. The first-order valence-electron chi connectivity index (χ1n) is 7.93. The number of carbonyl (C=O) groups is 1. The Bertz CT molecular complexity index is 983. The van der Waals surface area contributed by atoms with Crippen LogP contribution in [0.4, 0.5) is 13.2 Å². The van der Waals surface area contributed by atoms with Crippen LogP contribution in [0.15, 0.2) is 42.5 Å². The second kappa shape index (κ2) is 6.74. The van der Waals surface area contributed by atoms with Gasteiger partial charge in [-0.2, -0.15) is 23.4 Å². The van der Waals surface area contributed by atoms with Crippen LogP contribution in [0.1, 0.15) is 32.7 Å². The summed E-state index contributed by atoms with van der Waals surface area (Å²) >= 11 is 0. The molecule has 0 unspecified atom stereocenters. The Morgan fingerprint density at radius 1 is 1.08 bits per heavy atom. The van der Waals surface area contributed by atoms with Crippen molar-refractivity contribution in [3.8, 4) is 0 Å². The van der Waals surface area contributed by atoms with Gasteiger partial charge in [0.2, 0.25) is 0 Å². The molecule has 0 saturated carbocycles. The highest BCUT2D eigenvalue weighted by Crippen LogP contribution is 2.29. The number of benzene rings is 2. The molecule has 134 valence electrons. The van der Waals surface area contributed by atoms with E-state index < -0.39 is 11.7 Å². The van der Waals surface area contributed by atoms with Gasteiger partial charge in [0.25, 0.3) is 5.91 Å². The summed E-state index contributed by atoms with van der Waals surface area (Å²) in [5, 5.41) is 11.6. The summed E-state index contributed by atoms with van der Waals surface area (Å²) in [6, 6.07) is 9.93. The van der Waals surface area contributed by atoms with Crippen LogP contribution in [0.3, 0.4) is 0 Å². The molecule has 0 aliphatic carbocycles. The second-order valence-corrected chi connectivity index (χ2v) is 6.02. The third-order valence-corrected chi connectivity index (χ3v) is 4.22. The molecule has 3 rings (SSSR count). The van der Waals surface area contributed by atoms with Crippen molar-refractivity contribution in [1.82, 2.24) is 15.5 Å². The summed E-state index contributed by atoms with van der Waals surface area (Å²) in [4.78, 5) is 12.4. The van der Waals surface area contributed by atoms with Gasteiger partial charge in [0.15, 0.2) is 0 Å². The van der Waals surface area contributed by atoms with Crippen LogP contribution < -0.4 is 5.32 Å². The summed E-state index contributed by atoms with van der Waals surface area (Å²) in [7, 11) is 0. The zero-order chi connectivity index (χ0) is 18.9. The fraction of sp³-hybridized carbons (Fsp3) is 0.211. The molecular weight excluding hydrogens is 343 g/mol. The van der Waals surface area contributed by atoms with Gasteiger partial charge in [-0.1, -0.05) is 12.1 Å². The average molecular weight is 359 g/mol. The molecule has 26 heavy (non-hydrogen) atoms. The highest BCUT2D eigenvalue weighted by atomic mass is 19.4. The molecule has 0 spiro atoms. The minimum Gasteiger partial charge on any atom is -0.348 e. The quantitative estimate of drug-likeness (QED) is 0.763. The topological polar surface area (TPSA) is 54.9 Å². The second-order valence-electron chi connectivity index (χ2n) is 6.02. The zero-order valence-corrected chi connectivity index (χ0v) is 14.2. The van der Waals surface area contributed by atoms with Gasteiger partial charge in [0.05, 0.1) is 16.8 Å². The summed E-state index contributed by atoms with van der Waals surface area (Å²) in [6.45, 7) is 3.74. The van der Waals surface area contributed by atoms with Crippen LogP contribution in [-0.2, 0) is 12.7 Å². The number of nitrogens with one attached hydrogen (secondary N) is 1. The predicted molar refractivity (Wildman–Crippen MR) is 91.6 cm³/mol. The smallest absolute Gasteiger partial charge is 0.348 e. The minimum absolute atomic E-state index is 0.00734. The van der Waals surface area contributed by atoms with Gasteiger partial charge >= 0.3 is 6.18 Å². The van der Waals surface area contributed by atoms with Gasteiger partial charge in [-0.3, -0.25) is 4.79 Å². The molecule has 0 atom stereocenters. The number of amides is 1. The van der Waals surface area contributed by atoms with Crippen LogP contribution in [-0.4, -0.2) is 16.1 Å². The predicted octanol–water partition coefficient (Wildman–Crippen LogP) is 4.20. The molecular formula is C19H16F3N3O. The minimum atomic E-state index is -4.41. The van der Waals surface area contributed by atoms with E-state index >= 15 is 0 Å². The van der Waals surface area contributed by atoms with E-state index in [4.69, 9.17) is 0 Å². The first-order valence-corrected chi connectivity index (χ1v) is 7.93. The molecule has 0 radical (unpaired) electrons. The lowest BCUT2D eigenvalue weighted by Crippen LogP contribution is -2.23. The number of hydrogen-bond acceptors (Lipinski definition) is 3. The Morgan fingerprint density at radius 3 is 2.58 bits per heavy atom. The molecule has 0 fully saturated rings. The number of aryl methyl sites for hydroxylation is 2.